The molecule has 0 saturated heterocycles. The Hall–Kier alpha value is -2.46. The van der Waals surface area contributed by atoms with Crippen LogP contribution in [0.15, 0.2) is 40.2 Å². The summed E-state index contributed by atoms with van der Waals surface area (Å²) in [5.41, 5.74) is 0. The highest BCUT2D eigenvalue weighted by molar-refractivity contribution is 7.91. The Kier molecular flexibility index (Phi) is 6.63. The average molecular weight is 407 g/mol. The molecule has 1 aliphatic rings. The van der Waals surface area contributed by atoms with E-state index in [1.807, 2.05) is 4.68 Å². The summed E-state index contributed by atoms with van der Waals surface area (Å²) in [5, 5.41) is 10.9. The number of aromatic nitrogens is 3. The molecule has 0 amide bonds. The fourth-order valence-corrected chi connectivity index (χ4v) is 4.28. The molecule has 1 aromatic carbocycles. The molecule has 1 aliphatic heterocycles. The molecule has 10 heteroatoms. The first-order valence-electron chi connectivity index (χ1n) is 9.18. The number of hydrogen-bond acceptors (Lipinski definition) is 6. The number of nitrogens with one attached hydrogen (secondary N) is 2. The van der Waals surface area contributed by atoms with Gasteiger partial charge < -0.3 is 15.4 Å². The largest absolute Gasteiger partial charge is 0.377 e. The van der Waals surface area contributed by atoms with E-state index in [1.54, 1.807) is 44.5 Å². The third-order valence-electron chi connectivity index (χ3n) is 4.51. The lowest BCUT2D eigenvalue weighted by molar-refractivity contribution is 0.177. The quantitative estimate of drug-likeness (QED) is 0.505. The molecule has 1 aromatic heterocycles. The van der Waals surface area contributed by atoms with Crippen LogP contribution >= 0.6 is 0 Å². The second-order valence-electron chi connectivity index (χ2n) is 6.57. The summed E-state index contributed by atoms with van der Waals surface area (Å²) in [7, 11) is -0.0283. The molecular formula is C18H26N6O3S. The van der Waals surface area contributed by atoms with Gasteiger partial charge in [-0.05, 0) is 18.6 Å². The first kappa shape index (κ1) is 20.3. The van der Waals surface area contributed by atoms with Gasteiger partial charge in [-0.3, -0.25) is 4.99 Å². The summed E-state index contributed by atoms with van der Waals surface area (Å²) in [6.07, 6.45) is 1.71. The SMILES string of the molecule is CN=C(NCCS(=O)(=O)c1ccccc1)NC1CCc2nc(COC)nn2C1. The molecule has 1 unspecified atom stereocenters. The van der Waals surface area contributed by atoms with Gasteiger partial charge in [0, 0.05) is 33.2 Å². The number of aliphatic imine (C=N–C) groups is 1. The van der Waals surface area contributed by atoms with Crippen molar-refractivity contribution in [3.05, 3.63) is 42.0 Å². The van der Waals surface area contributed by atoms with Crippen molar-refractivity contribution in [2.75, 3.05) is 26.5 Å². The molecule has 0 fully saturated rings. The van der Waals surface area contributed by atoms with Crippen molar-refractivity contribution in [1.82, 2.24) is 25.4 Å². The first-order chi connectivity index (χ1) is 13.5. The van der Waals surface area contributed by atoms with Crippen molar-refractivity contribution < 1.29 is 13.2 Å². The van der Waals surface area contributed by atoms with E-state index in [1.165, 1.54) is 0 Å². The summed E-state index contributed by atoms with van der Waals surface area (Å²) in [4.78, 5) is 9.00. The Labute approximate surface area is 165 Å². The van der Waals surface area contributed by atoms with Crippen molar-refractivity contribution in [3.63, 3.8) is 0 Å². The van der Waals surface area contributed by atoms with E-state index >= 15 is 0 Å². The van der Waals surface area contributed by atoms with Crippen molar-refractivity contribution in [3.8, 4) is 0 Å². The Morgan fingerprint density at radius 1 is 1.36 bits per heavy atom. The molecule has 0 bridgehead atoms. The Morgan fingerprint density at radius 3 is 2.86 bits per heavy atom. The van der Waals surface area contributed by atoms with Crippen molar-refractivity contribution in [2.24, 2.45) is 4.99 Å². The van der Waals surface area contributed by atoms with E-state index in [0.717, 1.165) is 18.7 Å². The topological polar surface area (TPSA) is 110 Å². The Balaban J connectivity index is 1.51. The van der Waals surface area contributed by atoms with Crippen LogP contribution in [0.4, 0.5) is 0 Å². The van der Waals surface area contributed by atoms with Crippen LogP contribution in [-0.2, 0) is 34.1 Å². The third-order valence-corrected chi connectivity index (χ3v) is 6.24. The van der Waals surface area contributed by atoms with Crippen LogP contribution in [-0.4, -0.2) is 61.6 Å². The Bertz CT molecular complexity index is 911. The number of nitrogens with zero attached hydrogens (tertiary/aromatic N) is 4. The van der Waals surface area contributed by atoms with Crippen molar-refractivity contribution in [2.45, 2.75) is 36.9 Å². The molecule has 3 rings (SSSR count). The fraction of sp³-hybridized carbons (Fsp3) is 0.500. The molecular weight excluding hydrogens is 380 g/mol. The number of guanidine groups is 1. The van der Waals surface area contributed by atoms with Gasteiger partial charge in [-0.2, -0.15) is 5.10 Å². The van der Waals surface area contributed by atoms with E-state index in [-0.39, 0.29) is 18.3 Å². The molecule has 0 radical (unpaired) electrons. The molecule has 152 valence electrons. The number of sulfone groups is 1. The van der Waals surface area contributed by atoms with Gasteiger partial charge >= 0.3 is 0 Å². The Morgan fingerprint density at radius 2 is 2.14 bits per heavy atom. The number of fused-ring (bicyclic) bond motifs is 1. The molecule has 0 saturated carbocycles. The molecule has 1 atom stereocenters. The second kappa shape index (κ2) is 9.16. The minimum absolute atomic E-state index is 0.00399. The van der Waals surface area contributed by atoms with Gasteiger partial charge in [0.05, 0.1) is 17.2 Å². The van der Waals surface area contributed by atoms with Gasteiger partial charge in [0.2, 0.25) is 0 Å². The maximum absolute atomic E-state index is 12.4. The molecule has 9 nitrogen and oxygen atoms in total. The number of ether oxygens (including phenoxy) is 1. The summed E-state index contributed by atoms with van der Waals surface area (Å²) < 4.78 is 31.7. The van der Waals surface area contributed by atoms with E-state index in [9.17, 15) is 8.42 Å². The lowest BCUT2D eigenvalue weighted by atomic mass is 10.1. The summed E-state index contributed by atoms with van der Waals surface area (Å²) in [5.74, 6) is 2.22. The van der Waals surface area contributed by atoms with E-state index in [2.05, 4.69) is 25.7 Å². The second-order valence-corrected chi connectivity index (χ2v) is 8.68. The van der Waals surface area contributed by atoms with E-state index < -0.39 is 9.84 Å². The highest BCUT2D eigenvalue weighted by atomic mass is 32.2. The summed E-state index contributed by atoms with van der Waals surface area (Å²) in [6, 6.07) is 8.60. The van der Waals surface area contributed by atoms with Crippen LogP contribution in [0.2, 0.25) is 0 Å². The van der Waals surface area contributed by atoms with E-state index in [4.69, 9.17) is 4.74 Å². The number of rotatable bonds is 7. The maximum Gasteiger partial charge on any atom is 0.191 e. The van der Waals surface area contributed by atoms with Gasteiger partial charge in [-0.1, -0.05) is 18.2 Å². The zero-order valence-corrected chi connectivity index (χ0v) is 16.9. The van der Waals surface area contributed by atoms with Crippen LogP contribution < -0.4 is 10.6 Å². The van der Waals surface area contributed by atoms with Gasteiger partial charge in [-0.15, -0.1) is 0 Å². The number of aryl methyl sites for hydroxylation is 1. The van der Waals surface area contributed by atoms with Gasteiger partial charge in [0.1, 0.15) is 12.4 Å². The van der Waals surface area contributed by atoms with Crippen LogP contribution in [0.25, 0.3) is 0 Å². The lowest BCUT2D eigenvalue weighted by Crippen LogP contribution is -2.47. The fourth-order valence-electron chi connectivity index (χ4n) is 3.11. The van der Waals surface area contributed by atoms with E-state index in [0.29, 0.717) is 29.8 Å². The predicted molar refractivity (Wildman–Crippen MR) is 106 cm³/mol. The first-order valence-corrected chi connectivity index (χ1v) is 10.8. The van der Waals surface area contributed by atoms with Gasteiger partial charge in [-0.25, -0.2) is 18.1 Å². The third kappa shape index (κ3) is 5.08. The summed E-state index contributed by atoms with van der Waals surface area (Å²) in [6.45, 7) is 1.35. The van der Waals surface area contributed by atoms with Crippen LogP contribution in [0.3, 0.4) is 0 Å². The standard InChI is InChI=1S/C18H26N6O3S/c1-19-18(20-10-11-28(25,26)15-6-4-3-5-7-15)21-14-8-9-17-22-16(13-27-2)23-24(17)12-14/h3-7,14H,8-13H2,1-2H3,(H2,19,20,21). The highest BCUT2D eigenvalue weighted by Crippen LogP contribution is 2.13. The summed E-state index contributed by atoms with van der Waals surface area (Å²) >= 11 is 0. The van der Waals surface area contributed by atoms with Crippen molar-refractivity contribution >= 4 is 15.8 Å². The normalized spacial score (nSPS) is 17.2. The number of benzene rings is 1. The molecule has 2 aromatic rings. The zero-order chi connectivity index (χ0) is 20.0. The molecule has 28 heavy (non-hydrogen) atoms. The molecule has 2 heterocycles. The lowest BCUT2D eigenvalue weighted by Gasteiger charge is -2.25. The number of methoxy groups -OCH3 is 1. The van der Waals surface area contributed by atoms with Crippen molar-refractivity contribution in [1.29, 1.82) is 0 Å². The van der Waals surface area contributed by atoms with Crippen LogP contribution in [0, 0.1) is 0 Å². The zero-order valence-electron chi connectivity index (χ0n) is 16.1. The van der Waals surface area contributed by atoms with Gasteiger partial charge in [0.15, 0.2) is 21.6 Å². The maximum atomic E-state index is 12.4. The predicted octanol–water partition coefficient (Wildman–Crippen LogP) is 0.378. The van der Waals surface area contributed by atoms with Crippen LogP contribution in [0.5, 0.6) is 0 Å². The minimum atomic E-state index is -3.32. The average Bonchev–Trinajstić information content (AvgIpc) is 3.09. The van der Waals surface area contributed by atoms with Gasteiger partial charge in [0.25, 0.3) is 0 Å². The molecule has 0 spiro atoms. The molecule has 0 aliphatic carbocycles. The molecule has 2 N–H and O–H groups in total. The monoisotopic (exact) mass is 406 g/mol. The highest BCUT2D eigenvalue weighted by Gasteiger charge is 2.22. The van der Waals surface area contributed by atoms with Crippen LogP contribution in [0.1, 0.15) is 18.1 Å². The smallest absolute Gasteiger partial charge is 0.191 e. The minimum Gasteiger partial charge on any atom is -0.377 e. The number of hydrogen-bond donors (Lipinski definition) is 2.